The van der Waals surface area contributed by atoms with E-state index >= 15 is 0 Å². The molecule has 1 saturated carbocycles. The summed E-state index contributed by atoms with van der Waals surface area (Å²) in [5, 5.41) is 24.6. The maximum absolute atomic E-state index is 13.5. The fraction of sp³-hybridized carbons (Fsp3) is 0.185. The zero-order valence-corrected chi connectivity index (χ0v) is 18.3. The first-order valence-corrected chi connectivity index (χ1v) is 11.6. The first-order chi connectivity index (χ1) is 16.2. The number of rotatable bonds is 4. The van der Waals surface area contributed by atoms with E-state index in [0.29, 0.717) is 5.01 Å². The van der Waals surface area contributed by atoms with Gasteiger partial charge in [-0.1, -0.05) is 72.8 Å². The summed E-state index contributed by atoms with van der Waals surface area (Å²) >= 11 is 1.47. The summed E-state index contributed by atoms with van der Waals surface area (Å²) in [6.45, 7) is 0. The summed E-state index contributed by atoms with van der Waals surface area (Å²) in [5.74, 6) is -1.73. The van der Waals surface area contributed by atoms with Gasteiger partial charge in [0, 0.05) is 11.8 Å². The monoisotopic (exact) mass is 446 g/mol. The van der Waals surface area contributed by atoms with Gasteiger partial charge in [-0.25, -0.2) is 4.98 Å². The maximum atomic E-state index is 13.5. The van der Waals surface area contributed by atoms with Gasteiger partial charge in [0.25, 0.3) is 0 Å². The average Bonchev–Trinajstić information content (AvgIpc) is 3.27. The van der Waals surface area contributed by atoms with Crippen LogP contribution >= 0.6 is 11.3 Å². The molecule has 2 heterocycles. The second-order valence-electron chi connectivity index (χ2n) is 8.62. The van der Waals surface area contributed by atoms with Gasteiger partial charge in [-0.15, -0.1) is 11.3 Å². The van der Waals surface area contributed by atoms with E-state index in [0.717, 1.165) is 21.3 Å². The largest absolute Gasteiger partial charge is 0.343 e. The predicted octanol–water partition coefficient (Wildman–Crippen LogP) is 4.85. The third-order valence-electron chi connectivity index (χ3n) is 7.13. The highest BCUT2D eigenvalue weighted by Crippen LogP contribution is 2.76. The van der Waals surface area contributed by atoms with Crippen LogP contribution in [0.4, 0.5) is 0 Å². The maximum Gasteiger partial charge on any atom is 0.242 e. The lowest BCUT2D eigenvalue weighted by molar-refractivity contribution is -0.124. The van der Waals surface area contributed by atoms with Crippen molar-refractivity contribution in [1.29, 1.82) is 10.5 Å². The molecule has 0 bridgehead atoms. The van der Waals surface area contributed by atoms with E-state index in [1.54, 1.807) is 0 Å². The van der Waals surface area contributed by atoms with E-state index in [4.69, 9.17) is 4.98 Å². The van der Waals surface area contributed by atoms with Crippen molar-refractivity contribution in [3.05, 3.63) is 101 Å². The molecule has 5 atom stereocenters. The summed E-state index contributed by atoms with van der Waals surface area (Å²) in [6, 6.07) is 31.9. The number of piperidine rings is 1. The van der Waals surface area contributed by atoms with E-state index in [-0.39, 0.29) is 17.7 Å². The quantitative estimate of drug-likeness (QED) is 0.485. The van der Waals surface area contributed by atoms with Crippen LogP contribution in [0.5, 0.6) is 0 Å². The molecule has 0 spiro atoms. The van der Waals surface area contributed by atoms with Crippen molar-refractivity contribution in [3.8, 4) is 12.1 Å². The fourth-order valence-electron chi connectivity index (χ4n) is 5.72. The van der Waals surface area contributed by atoms with Crippen LogP contribution in [0.15, 0.2) is 84.9 Å². The summed E-state index contributed by atoms with van der Waals surface area (Å²) < 4.78 is 0.988. The van der Waals surface area contributed by atoms with E-state index < -0.39 is 16.9 Å². The van der Waals surface area contributed by atoms with Crippen molar-refractivity contribution in [2.24, 2.45) is 11.3 Å². The van der Waals surface area contributed by atoms with Crippen molar-refractivity contribution in [2.75, 3.05) is 0 Å². The molecule has 1 N–H and O–H groups in total. The molecular formula is C27H18N4OS. The van der Waals surface area contributed by atoms with Crippen LogP contribution in [-0.4, -0.2) is 10.9 Å². The standard InChI is InChI=1S/C27H18N4OS/c28-15-19(24-30-20-13-7-8-14-21(20)33-24)27(18-11-5-2-6-12-18)23-22(17-9-3-1-4-10-17)26(23,16-29)25(32)31-27/h1-14,19,22-23H,(H,31,32)/t19?,22-,23-,26?,27?/m1/s1. The van der Waals surface area contributed by atoms with Gasteiger partial charge >= 0.3 is 0 Å². The fourth-order valence-corrected chi connectivity index (χ4v) is 6.81. The first-order valence-electron chi connectivity index (χ1n) is 10.8. The number of aromatic nitrogens is 1. The van der Waals surface area contributed by atoms with Gasteiger partial charge in [0.1, 0.15) is 16.3 Å². The summed E-state index contributed by atoms with van der Waals surface area (Å²) in [6.07, 6.45) is 0. The molecular weight excluding hydrogens is 428 g/mol. The molecule has 2 fully saturated rings. The highest BCUT2D eigenvalue weighted by molar-refractivity contribution is 7.18. The Morgan fingerprint density at radius 2 is 1.61 bits per heavy atom. The molecule has 6 heteroatoms. The molecule has 4 aromatic rings. The van der Waals surface area contributed by atoms with Crippen molar-refractivity contribution < 1.29 is 4.79 Å². The van der Waals surface area contributed by atoms with Gasteiger partial charge < -0.3 is 5.32 Å². The molecule has 1 aliphatic carbocycles. The lowest BCUT2D eigenvalue weighted by atomic mass is 9.74. The summed E-state index contributed by atoms with van der Waals surface area (Å²) in [5.41, 5.74) is 0.331. The second kappa shape index (κ2) is 7.00. The van der Waals surface area contributed by atoms with Gasteiger partial charge in [-0.2, -0.15) is 10.5 Å². The van der Waals surface area contributed by atoms with Crippen LogP contribution in [0.1, 0.15) is 28.0 Å². The number of nitrogens with zero attached hydrogens (tertiary/aromatic N) is 3. The Morgan fingerprint density at radius 3 is 2.27 bits per heavy atom. The number of thiazole rings is 1. The van der Waals surface area contributed by atoms with Gasteiger partial charge in [0.15, 0.2) is 0 Å². The Kier molecular flexibility index (Phi) is 4.17. The molecule has 1 amide bonds. The van der Waals surface area contributed by atoms with Crippen molar-refractivity contribution in [1.82, 2.24) is 10.3 Å². The van der Waals surface area contributed by atoms with Crippen LogP contribution in [-0.2, 0) is 10.3 Å². The van der Waals surface area contributed by atoms with Crippen LogP contribution in [0.2, 0.25) is 0 Å². The third kappa shape index (κ3) is 2.50. The summed E-state index contributed by atoms with van der Waals surface area (Å²) in [4.78, 5) is 18.3. The number of para-hydroxylation sites is 1. The van der Waals surface area contributed by atoms with Crippen LogP contribution in [0.25, 0.3) is 10.2 Å². The molecule has 3 aromatic carbocycles. The van der Waals surface area contributed by atoms with E-state index in [2.05, 4.69) is 17.5 Å². The molecule has 5 nitrogen and oxygen atoms in total. The number of carbonyl (C=O) groups excluding carboxylic acids is 1. The number of carbonyl (C=O) groups is 1. The Labute approximate surface area is 194 Å². The molecule has 0 radical (unpaired) electrons. The first kappa shape index (κ1) is 19.7. The minimum Gasteiger partial charge on any atom is -0.343 e. The lowest BCUT2D eigenvalue weighted by Crippen LogP contribution is -2.48. The van der Waals surface area contributed by atoms with Crippen molar-refractivity contribution in [3.63, 3.8) is 0 Å². The Morgan fingerprint density at radius 1 is 0.939 bits per heavy atom. The topological polar surface area (TPSA) is 89.6 Å². The number of fused-ring (bicyclic) bond motifs is 2. The average molecular weight is 447 g/mol. The molecule has 6 rings (SSSR count). The second-order valence-corrected chi connectivity index (χ2v) is 9.68. The highest BCUT2D eigenvalue weighted by Gasteiger charge is 2.84. The number of hydrogen-bond donors (Lipinski definition) is 1. The van der Waals surface area contributed by atoms with Crippen LogP contribution in [0.3, 0.4) is 0 Å². The minimum atomic E-state index is -1.21. The molecule has 158 valence electrons. The van der Waals surface area contributed by atoms with Crippen molar-refractivity contribution in [2.45, 2.75) is 17.4 Å². The third-order valence-corrected chi connectivity index (χ3v) is 8.23. The van der Waals surface area contributed by atoms with Crippen LogP contribution < -0.4 is 5.32 Å². The molecule has 1 aromatic heterocycles. The van der Waals surface area contributed by atoms with E-state index in [9.17, 15) is 15.3 Å². The number of nitrogens with one attached hydrogen (secondary N) is 1. The normalized spacial score (nSPS) is 28.4. The van der Waals surface area contributed by atoms with E-state index in [1.807, 2.05) is 84.9 Å². The highest BCUT2D eigenvalue weighted by atomic mass is 32.1. The SMILES string of the molecule is N#CC(c1nc2ccccc2s1)C1(c2ccccc2)NC(=O)C2(C#N)[C@H](c3ccccc3)[C@@H]12. The predicted molar refractivity (Wildman–Crippen MR) is 125 cm³/mol. The minimum absolute atomic E-state index is 0.289. The van der Waals surface area contributed by atoms with Gasteiger partial charge in [0.05, 0.1) is 27.9 Å². The van der Waals surface area contributed by atoms with Gasteiger partial charge in [-0.05, 0) is 23.3 Å². The number of nitriles is 2. The molecule has 2 aliphatic rings. The lowest BCUT2D eigenvalue weighted by Gasteiger charge is -2.36. The van der Waals surface area contributed by atoms with Crippen molar-refractivity contribution >= 4 is 27.5 Å². The van der Waals surface area contributed by atoms with E-state index in [1.165, 1.54) is 11.3 Å². The van der Waals surface area contributed by atoms with Crippen LogP contribution in [0, 0.1) is 34.0 Å². The zero-order chi connectivity index (χ0) is 22.6. The van der Waals surface area contributed by atoms with Gasteiger partial charge in [-0.3, -0.25) is 4.79 Å². The number of hydrogen-bond acceptors (Lipinski definition) is 5. The Bertz CT molecular complexity index is 1440. The van der Waals surface area contributed by atoms with Gasteiger partial charge in [0.2, 0.25) is 5.91 Å². The zero-order valence-electron chi connectivity index (χ0n) is 17.5. The molecule has 33 heavy (non-hydrogen) atoms. The Hall–Kier alpha value is -4.00. The summed E-state index contributed by atoms with van der Waals surface area (Å²) in [7, 11) is 0. The molecule has 1 aliphatic heterocycles. The molecule has 1 saturated heterocycles. The Balaban J connectivity index is 1.60. The number of benzene rings is 3. The molecule has 3 unspecified atom stereocenters. The number of amides is 1. The smallest absolute Gasteiger partial charge is 0.242 e.